The zero-order valence-electron chi connectivity index (χ0n) is 19.1. The van der Waals surface area contributed by atoms with Gasteiger partial charge in [0.25, 0.3) is 5.91 Å². The molecule has 5 nitrogen and oxygen atoms in total. The Morgan fingerprint density at radius 1 is 0.886 bits per heavy atom. The minimum Gasteiger partial charge on any atom is -0.488 e. The number of hydrogen-bond acceptors (Lipinski definition) is 3. The molecule has 4 aromatic rings. The van der Waals surface area contributed by atoms with E-state index >= 15 is 0 Å². The molecule has 6 heteroatoms. The summed E-state index contributed by atoms with van der Waals surface area (Å²) < 4.78 is 6.97. The molecular weight excluding hydrogens is 504 g/mol. The van der Waals surface area contributed by atoms with Gasteiger partial charge in [-0.25, -0.2) is 4.79 Å². The smallest absolute Gasteiger partial charge is 0.329 e. The molecular formula is C29H23BrN2O3. The fourth-order valence-electron chi connectivity index (χ4n) is 4.00. The molecule has 0 aromatic heterocycles. The van der Waals surface area contributed by atoms with Crippen LogP contribution in [0, 0.1) is 6.92 Å². The molecule has 3 amide bonds. The van der Waals surface area contributed by atoms with Crippen LogP contribution < -0.4 is 10.1 Å². The van der Waals surface area contributed by atoms with Crippen molar-refractivity contribution in [1.29, 1.82) is 0 Å². The van der Waals surface area contributed by atoms with Crippen molar-refractivity contribution in [2.45, 2.75) is 20.1 Å². The summed E-state index contributed by atoms with van der Waals surface area (Å²) in [6, 6.07) is 27.4. The number of aryl methyl sites for hydroxylation is 1. The van der Waals surface area contributed by atoms with Gasteiger partial charge >= 0.3 is 6.03 Å². The van der Waals surface area contributed by atoms with E-state index in [1.807, 2.05) is 67.6 Å². The Labute approximate surface area is 212 Å². The number of amides is 3. The van der Waals surface area contributed by atoms with Crippen LogP contribution in [0.3, 0.4) is 0 Å². The van der Waals surface area contributed by atoms with Gasteiger partial charge in [0.15, 0.2) is 0 Å². The van der Waals surface area contributed by atoms with Crippen molar-refractivity contribution in [2.75, 3.05) is 0 Å². The fourth-order valence-corrected chi connectivity index (χ4v) is 4.38. The number of hydrogen-bond donors (Lipinski definition) is 1. The number of fused-ring (bicyclic) bond motifs is 1. The third kappa shape index (κ3) is 5.12. The predicted octanol–water partition coefficient (Wildman–Crippen LogP) is 6.58. The molecule has 0 bridgehead atoms. The van der Waals surface area contributed by atoms with Gasteiger partial charge in [-0.3, -0.25) is 9.69 Å². The molecule has 1 fully saturated rings. The van der Waals surface area contributed by atoms with E-state index in [1.54, 1.807) is 6.08 Å². The van der Waals surface area contributed by atoms with Crippen molar-refractivity contribution >= 4 is 44.7 Å². The van der Waals surface area contributed by atoms with Crippen LogP contribution in [0.15, 0.2) is 95.1 Å². The van der Waals surface area contributed by atoms with Crippen molar-refractivity contribution in [3.63, 3.8) is 0 Å². The highest BCUT2D eigenvalue weighted by molar-refractivity contribution is 9.10. The number of urea groups is 1. The maximum Gasteiger partial charge on any atom is 0.329 e. The molecule has 0 saturated carbocycles. The molecule has 0 atom stereocenters. The summed E-state index contributed by atoms with van der Waals surface area (Å²) in [5, 5.41) is 5.03. The second-order valence-corrected chi connectivity index (χ2v) is 9.43. The number of rotatable bonds is 6. The first-order valence-electron chi connectivity index (χ1n) is 11.3. The van der Waals surface area contributed by atoms with Crippen LogP contribution in [-0.4, -0.2) is 16.8 Å². The molecule has 174 valence electrons. The molecule has 1 heterocycles. The second kappa shape index (κ2) is 9.76. The van der Waals surface area contributed by atoms with Gasteiger partial charge in [-0.2, -0.15) is 0 Å². The quantitative estimate of drug-likeness (QED) is 0.228. The van der Waals surface area contributed by atoms with Gasteiger partial charge in [0.1, 0.15) is 18.1 Å². The fraction of sp³-hybridized carbons (Fsp3) is 0.103. The lowest BCUT2D eigenvalue weighted by Crippen LogP contribution is -2.30. The number of benzene rings is 4. The Morgan fingerprint density at radius 2 is 1.63 bits per heavy atom. The van der Waals surface area contributed by atoms with E-state index in [0.29, 0.717) is 17.9 Å². The number of halogens is 1. The Balaban J connectivity index is 1.36. The van der Waals surface area contributed by atoms with Gasteiger partial charge in [0.05, 0.1) is 6.54 Å². The number of carbonyl (C=O) groups is 2. The molecule has 5 rings (SSSR count). The summed E-state index contributed by atoms with van der Waals surface area (Å²) in [6.45, 7) is 2.59. The molecule has 0 aliphatic carbocycles. The van der Waals surface area contributed by atoms with Crippen LogP contribution in [0.2, 0.25) is 0 Å². The average Bonchev–Trinajstić information content (AvgIpc) is 3.12. The SMILES string of the molecule is Cc1ccc(CN2C(=O)N/C(=C/c3cc(Br)ccc3OCc3ccc4ccccc4c3)C2=O)cc1. The van der Waals surface area contributed by atoms with E-state index in [1.165, 1.54) is 10.3 Å². The third-order valence-electron chi connectivity index (χ3n) is 5.90. The molecule has 4 aromatic carbocycles. The van der Waals surface area contributed by atoms with E-state index in [2.05, 4.69) is 45.5 Å². The van der Waals surface area contributed by atoms with Gasteiger partial charge in [0.2, 0.25) is 0 Å². The summed E-state index contributed by atoms with van der Waals surface area (Å²) >= 11 is 3.49. The summed E-state index contributed by atoms with van der Waals surface area (Å²) in [6.07, 6.45) is 1.66. The van der Waals surface area contributed by atoms with Crippen LogP contribution in [0.1, 0.15) is 22.3 Å². The Kier molecular flexibility index (Phi) is 6.38. The maximum absolute atomic E-state index is 13.0. The topological polar surface area (TPSA) is 58.6 Å². The van der Waals surface area contributed by atoms with Gasteiger partial charge < -0.3 is 10.1 Å². The molecule has 1 N–H and O–H groups in total. The van der Waals surface area contributed by atoms with Crippen molar-refractivity contribution in [2.24, 2.45) is 0 Å². The lowest BCUT2D eigenvalue weighted by atomic mass is 10.1. The van der Waals surface area contributed by atoms with E-state index in [4.69, 9.17) is 4.74 Å². The maximum atomic E-state index is 13.0. The number of ether oxygens (including phenoxy) is 1. The van der Waals surface area contributed by atoms with E-state index in [0.717, 1.165) is 26.5 Å². The number of nitrogens with one attached hydrogen (secondary N) is 1. The third-order valence-corrected chi connectivity index (χ3v) is 6.40. The standard InChI is InChI=1S/C29H23BrN2O3/c1-19-6-8-20(9-7-19)17-32-28(33)26(31-29(32)34)16-24-15-25(30)12-13-27(24)35-18-21-10-11-22-4-2-3-5-23(22)14-21/h2-16H,17-18H2,1H3,(H,31,34)/b26-16+. The lowest BCUT2D eigenvalue weighted by molar-refractivity contribution is -0.123. The van der Waals surface area contributed by atoms with Crippen molar-refractivity contribution in [3.05, 3.63) is 117 Å². The summed E-state index contributed by atoms with van der Waals surface area (Å²) in [7, 11) is 0. The molecule has 0 spiro atoms. The first-order chi connectivity index (χ1) is 17.0. The lowest BCUT2D eigenvalue weighted by Gasteiger charge is -2.12. The summed E-state index contributed by atoms with van der Waals surface area (Å²) in [5.74, 6) is 0.254. The van der Waals surface area contributed by atoms with E-state index in [9.17, 15) is 9.59 Å². The zero-order chi connectivity index (χ0) is 24.4. The molecule has 1 aliphatic heterocycles. The highest BCUT2D eigenvalue weighted by atomic mass is 79.9. The molecule has 35 heavy (non-hydrogen) atoms. The van der Waals surface area contributed by atoms with Crippen molar-refractivity contribution < 1.29 is 14.3 Å². The van der Waals surface area contributed by atoms with Crippen LogP contribution in [0.5, 0.6) is 5.75 Å². The van der Waals surface area contributed by atoms with Crippen LogP contribution in [0.25, 0.3) is 16.8 Å². The number of nitrogens with zero attached hydrogens (tertiary/aromatic N) is 1. The Hall–Kier alpha value is -3.90. The first-order valence-corrected chi connectivity index (χ1v) is 12.1. The number of imide groups is 1. The van der Waals surface area contributed by atoms with Gasteiger partial charge in [0, 0.05) is 10.0 Å². The van der Waals surface area contributed by atoms with Crippen LogP contribution in [0.4, 0.5) is 4.79 Å². The first kappa shape index (κ1) is 22.9. The van der Waals surface area contributed by atoms with Crippen LogP contribution >= 0.6 is 15.9 Å². The molecule has 1 aliphatic rings. The highest BCUT2D eigenvalue weighted by Gasteiger charge is 2.33. The van der Waals surface area contributed by atoms with Crippen LogP contribution in [-0.2, 0) is 17.9 Å². The minimum atomic E-state index is -0.435. The second-order valence-electron chi connectivity index (χ2n) is 8.52. The predicted molar refractivity (Wildman–Crippen MR) is 141 cm³/mol. The monoisotopic (exact) mass is 526 g/mol. The van der Waals surface area contributed by atoms with Gasteiger partial charge in [-0.1, -0.05) is 82.2 Å². The normalized spacial score (nSPS) is 14.6. The van der Waals surface area contributed by atoms with Crippen molar-refractivity contribution in [3.8, 4) is 5.75 Å². The molecule has 1 saturated heterocycles. The minimum absolute atomic E-state index is 0.214. The van der Waals surface area contributed by atoms with Gasteiger partial charge in [-0.05, 0) is 59.2 Å². The zero-order valence-corrected chi connectivity index (χ0v) is 20.7. The molecule has 0 unspecified atom stereocenters. The van der Waals surface area contributed by atoms with E-state index < -0.39 is 6.03 Å². The summed E-state index contributed by atoms with van der Waals surface area (Å²) in [4.78, 5) is 26.8. The van der Waals surface area contributed by atoms with Crippen molar-refractivity contribution in [1.82, 2.24) is 10.2 Å². The largest absolute Gasteiger partial charge is 0.488 e. The van der Waals surface area contributed by atoms with E-state index in [-0.39, 0.29) is 18.1 Å². The average molecular weight is 527 g/mol. The number of carbonyl (C=O) groups excluding carboxylic acids is 2. The van der Waals surface area contributed by atoms with Gasteiger partial charge in [-0.15, -0.1) is 0 Å². The molecule has 0 radical (unpaired) electrons. The highest BCUT2D eigenvalue weighted by Crippen LogP contribution is 2.28. The Morgan fingerprint density at radius 3 is 2.43 bits per heavy atom. The summed E-state index contributed by atoms with van der Waals surface area (Å²) in [5.41, 5.74) is 3.97. The Bertz CT molecular complexity index is 1460.